The summed E-state index contributed by atoms with van der Waals surface area (Å²) >= 11 is 1.57. The molecule has 3 aliphatic rings. The third-order valence-electron chi connectivity index (χ3n) is 8.65. The second kappa shape index (κ2) is 10.6. The number of aliphatic hydroxyl groups excluding tert-OH is 1. The predicted octanol–water partition coefficient (Wildman–Crippen LogP) is 3.99. The van der Waals surface area contributed by atoms with Gasteiger partial charge in [-0.15, -0.1) is 11.3 Å². The van der Waals surface area contributed by atoms with E-state index in [-0.39, 0.29) is 48.2 Å². The smallest absolute Gasteiger partial charge is 0.307 e. The summed E-state index contributed by atoms with van der Waals surface area (Å²) in [6.45, 7) is 11.4. The highest BCUT2D eigenvalue weighted by molar-refractivity contribution is 7.09. The van der Waals surface area contributed by atoms with Gasteiger partial charge in [0.05, 0.1) is 52.8 Å². The lowest BCUT2D eigenvalue weighted by Crippen LogP contribution is -2.47. The molecule has 0 bridgehead atoms. The summed E-state index contributed by atoms with van der Waals surface area (Å²) in [5.41, 5.74) is 0.376. The van der Waals surface area contributed by atoms with Crippen LogP contribution in [0.3, 0.4) is 0 Å². The van der Waals surface area contributed by atoms with Gasteiger partial charge in [0.25, 0.3) is 0 Å². The first kappa shape index (κ1) is 27.9. The van der Waals surface area contributed by atoms with Gasteiger partial charge in [-0.1, -0.05) is 20.3 Å². The number of hydrogen-bond acceptors (Lipinski definition) is 8. The van der Waals surface area contributed by atoms with Gasteiger partial charge in [-0.3, -0.25) is 14.4 Å². The molecule has 3 aliphatic heterocycles. The van der Waals surface area contributed by atoms with Crippen LogP contribution in [0.25, 0.3) is 6.08 Å². The first-order valence-electron chi connectivity index (χ1n) is 13.3. The number of aryl methyl sites for hydroxylation is 1. The van der Waals surface area contributed by atoms with Crippen molar-refractivity contribution in [3.8, 4) is 0 Å². The van der Waals surface area contributed by atoms with Gasteiger partial charge >= 0.3 is 5.97 Å². The molecule has 9 heteroatoms. The molecule has 0 spiro atoms. The summed E-state index contributed by atoms with van der Waals surface area (Å²) in [5.74, 6) is -1.77. The van der Waals surface area contributed by atoms with Crippen LogP contribution < -0.4 is 5.32 Å². The van der Waals surface area contributed by atoms with E-state index in [4.69, 9.17) is 9.47 Å². The molecule has 8 atom stereocenters. The van der Waals surface area contributed by atoms with Gasteiger partial charge in [0.2, 0.25) is 5.91 Å². The van der Waals surface area contributed by atoms with Crippen molar-refractivity contribution in [3.63, 3.8) is 0 Å². The number of aromatic nitrogens is 1. The minimum Gasteiger partial charge on any atom is -0.461 e. The SMILES string of the molecule is C/C(=C\c1csc(C)n1)[C@@H]1C[C@@H]2O[C@]2(C)CCC[C@H](C)[C@H](O)[C@@H](C)C(=O)[C@]2(C)CC(=O)O[C@H]2CC(=O)N1. The van der Waals surface area contributed by atoms with E-state index in [1.807, 2.05) is 32.2 Å². The summed E-state index contributed by atoms with van der Waals surface area (Å²) in [6.07, 6.45) is 3.15. The number of fused-ring (bicyclic) bond motifs is 2. The molecule has 4 heterocycles. The molecular formula is C28H40N2O6S. The monoisotopic (exact) mass is 532 g/mol. The van der Waals surface area contributed by atoms with Gasteiger partial charge in [0.1, 0.15) is 11.9 Å². The van der Waals surface area contributed by atoms with Crippen LogP contribution in [-0.2, 0) is 23.9 Å². The van der Waals surface area contributed by atoms with E-state index < -0.39 is 29.5 Å². The average Bonchev–Trinajstić information content (AvgIpc) is 3.10. The molecule has 0 saturated carbocycles. The molecule has 3 fully saturated rings. The molecule has 2 N–H and O–H groups in total. The van der Waals surface area contributed by atoms with E-state index in [0.717, 1.165) is 35.5 Å². The Labute approximate surface area is 223 Å². The Bertz CT molecular complexity index is 1080. The molecule has 1 aromatic heterocycles. The number of nitrogens with one attached hydrogen (secondary N) is 1. The van der Waals surface area contributed by atoms with Gasteiger partial charge in [-0.25, -0.2) is 4.98 Å². The van der Waals surface area contributed by atoms with Gasteiger partial charge < -0.3 is 19.9 Å². The lowest BCUT2D eigenvalue weighted by atomic mass is 9.71. The Kier molecular flexibility index (Phi) is 7.98. The Hall–Kier alpha value is -2.10. The number of ketones is 1. The Balaban J connectivity index is 1.61. The zero-order valence-electron chi connectivity index (χ0n) is 22.7. The molecule has 0 aliphatic carbocycles. The highest BCUT2D eigenvalue weighted by Crippen LogP contribution is 2.45. The average molecular weight is 533 g/mol. The van der Waals surface area contributed by atoms with Gasteiger partial charge in [-0.05, 0) is 58.1 Å². The van der Waals surface area contributed by atoms with Crippen molar-refractivity contribution in [1.82, 2.24) is 10.3 Å². The maximum Gasteiger partial charge on any atom is 0.307 e. The molecule has 8 nitrogen and oxygen atoms in total. The summed E-state index contributed by atoms with van der Waals surface area (Å²) in [7, 11) is 0. The number of rotatable bonds is 2. The van der Waals surface area contributed by atoms with Crippen LogP contribution in [0, 0.1) is 24.2 Å². The highest BCUT2D eigenvalue weighted by Gasteiger charge is 2.55. The molecule has 0 aromatic carbocycles. The van der Waals surface area contributed by atoms with Crippen LogP contribution in [-0.4, -0.2) is 57.7 Å². The fourth-order valence-electron chi connectivity index (χ4n) is 5.95. The first-order valence-corrected chi connectivity index (χ1v) is 14.2. The van der Waals surface area contributed by atoms with E-state index in [9.17, 15) is 19.5 Å². The number of nitrogens with zero attached hydrogens (tertiary/aromatic N) is 1. The molecule has 1 aromatic rings. The zero-order valence-corrected chi connectivity index (χ0v) is 23.5. The zero-order chi connectivity index (χ0) is 27.1. The Morgan fingerprint density at radius 2 is 1.97 bits per heavy atom. The minimum atomic E-state index is -1.16. The van der Waals surface area contributed by atoms with Crippen molar-refractivity contribution < 1.29 is 29.0 Å². The van der Waals surface area contributed by atoms with Crippen LogP contribution in [0.1, 0.15) is 83.8 Å². The number of epoxide rings is 1. The predicted molar refractivity (Wildman–Crippen MR) is 141 cm³/mol. The number of aliphatic hydroxyl groups is 1. The van der Waals surface area contributed by atoms with Gasteiger partial charge in [0, 0.05) is 17.7 Å². The number of esters is 1. The maximum atomic E-state index is 13.6. The molecule has 3 saturated heterocycles. The number of carbonyl (C=O) groups is 3. The van der Waals surface area contributed by atoms with E-state index in [1.54, 1.807) is 25.2 Å². The highest BCUT2D eigenvalue weighted by atomic mass is 32.1. The van der Waals surface area contributed by atoms with E-state index in [1.165, 1.54) is 0 Å². The second-order valence-corrected chi connectivity index (χ2v) is 12.8. The third-order valence-corrected chi connectivity index (χ3v) is 9.45. The topological polar surface area (TPSA) is 118 Å². The van der Waals surface area contributed by atoms with Crippen molar-refractivity contribution in [2.24, 2.45) is 17.3 Å². The number of ether oxygens (including phenoxy) is 2. The van der Waals surface area contributed by atoms with E-state index >= 15 is 0 Å². The van der Waals surface area contributed by atoms with Crippen LogP contribution in [0.2, 0.25) is 0 Å². The lowest BCUT2D eigenvalue weighted by Gasteiger charge is -2.33. The number of Topliss-reactive ketones (excluding diaryl/α,β-unsaturated/α-hetero) is 1. The quantitative estimate of drug-likeness (QED) is 0.437. The summed E-state index contributed by atoms with van der Waals surface area (Å²) in [4.78, 5) is 43.7. The first-order chi connectivity index (χ1) is 17.3. The molecule has 1 amide bonds. The number of hydrogen-bond donors (Lipinski definition) is 2. The normalized spacial score (nSPS) is 40.0. The van der Waals surface area contributed by atoms with E-state index in [2.05, 4.69) is 17.2 Å². The van der Waals surface area contributed by atoms with Crippen LogP contribution in [0.4, 0.5) is 0 Å². The van der Waals surface area contributed by atoms with Gasteiger partial charge in [-0.2, -0.15) is 0 Å². The van der Waals surface area contributed by atoms with Crippen molar-refractivity contribution in [2.45, 2.75) is 110 Å². The molecule has 37 heavy (non-hydrogen) atoms. The minimum absolute atomic E-state index is 0.00142. The molecule has 204 valence electrons. The van der Waals surface area contributed by atoms with E-state index in [0.29, 0.717) is 6.42 Å². The number of amides is 1. The number of thiazole rings is 1. The molecule has 0 radical (unpaired) electrons. The summed E-state index contributed by atoms with van der Waals surface area (Å²) in [5, 5.41) is 17.1. The van der Waals surface area contributed by atoms with Crippen molar-refractivity contribution >= 4 is 35.1 Å². The third kappa shape index (κ3) is 5.99. The lowest BCUT2D eigenvalue weighted by molar-refractivity contribution is -0.145. The second-order valence-electron chi connectivity index (χ2n) is 11.7. The molecule has 0 unspecified atom stereocenters. The fraction of sp³-hybridized carbons (Fsp3) is 0.714. The number of carbonyl (C=O) groups excluding carboxylic acids is 3. The summed E-state index contributed by atoms with van der Waals surface area (Å²) in [6, 6.07) is -0.284. The molecule has 4 rings (SSSR count). The largest absolute Gasteiger partial charge is 0.461 e. The standard InChI is InChI=1S/C28H40N2O6S/c1-15-8-7-9-28(6)22(36-28)11-20(16(2)10-19-14-37-18(4)29-19)30-23(31)12-21-27(5,13-24(32)35-21)26(34)17(3)25(15)33/h10,14-15,17,20-22,25,33H,7-9,11-13H2,1-6H3,(H,30,31)/b16-10+/t15-,17+,20-,21-,22-,25-,27+,28+/m0/s1. The molecular weight excluding hydrogens is 492 g/mol. The van der Waals surface area contributed by atoms with Crippen molar-refractivity contribution in [3.05, 3.63) is 21.7 Å². The van der Waals surface area contributed by atoms with Crippen LogP contribution in [0.15, 0.2) is 11.0 Å². The van der Waals surface area contributed by atoms with Crippen LogP contribution in [0.5, 0.6) is 0 Å². The Morgan fingerprint density at radius 1 is 1.24 bits per heavy atom. The fourth-order valence-corrected chi connectivity index (χ4v) is 6.52. The Morgan fingerprint density at radius 3 is 2.65 bits per heavy atom. The van der Waals surface area contributed by atoms with Crippen LogP contribution >= 0.6 is 11.3 Å². The van der Waals surface area contributed by atoms with Crippen molar-refractivity contribution in [1.29, 1.82) is 0 Å². The van der Waals surface area contributed by atoms with Crippen molar-refractivity contribution in [2.75, 3.05) is 0 Å². The maximum absolute atomic E-state index is 13.6. The van der Waals surface area contributed by atoms with Gasteiger partial charge in [0.15, 0.2) is 0 Å². The summed E-state index contributed by atoms with van der Waals surface area (Å²) < 4.78 is 11.6.